The lowest BCUT2D eigenvalue weighted by atomic mass is 10.1. The van der Waals surface area contributed by atoms with E-state index >= 15 is 0 Å². The second-order valence-corrected chi connectivity index (χ2v) is 6.47. The van der Waals surface area contributed by atoms with Crippen LogP contribution >= 0.6 is 11.6 Å². The maximum atomic E-state index is 9.23. The summed E-state index contributed by atoms with van der Waals surface area (Å²) in [5.74, 6) is 1.04. The molecule has 2 N–H and O–H groups in total. The van der Waals surface area contributed by atoms with Crippen LogP contribution < -0.4 is 10.6 Å². The first-order valence-corrected chi connectivity index (χ1v) is 8.49. The Balaban J connectivity index is 1.93. The number of para-hydroxylation sites is 1. The van der Waals surface area contributed by atoms with Gasteiger partial charge in [0.15, 0.2) is 0 Å². The van der Waals surface area contributed by atoms with Crippen LogP contribution in [0.25, 0.3) is 0 Å². The molecule has 2 aromatic carbocycles. The summed E-state index contributed by atoms with van der Waals surface area (Å²) in [6.45, 7) is 5.87. The third-order valence-corrected chi connectivity index (χ3v) is 4.13. The summed E-state index contributed by atoms with van der Waals surface area (Å²) in [7, 11) is 0. The molecule has 5 nitrogen and oxygen atoms in total. The number of anilines is 4. The molecular weight excluding hydrogens is 346 g/mol. The normalized spacial score (nSPS) is 10.3. The second kappa shape index (κ2) is 7.42. The minimum atomic E-state index is 0.441. The zero-order chi connectivity index (χ0) is 18.7. The van der Waals surface area contributed by atoms with E-state index in [2.05, 4.69) is 26.7 Å². The van der Waals surface area contributed by atoms with Crippen molar-refractivity contribution in [3.05, 3.63) is 69.9 Å². The maximum Gasteiger partial charge on any atom is 0.229 e. The van der Waals surface area contributed by atoms with Crippen LogP contribution in [0.5, 0.6) is 0 Å². The molecular formula is C20H18ClN5. The van der Waals surface area contributed by atoms with Gasteiger partial charge in [-0.05, 0) is 50.1 Å². The number of rotatable bonds is 4. The molecule has 1 heterocycles. The third kappa shape index (κ3) is 3.93. The van der Waals surface area contributed by atoms with Crippen LogP contribution in [0.15, 0.2) is 42.5 Å². The predicted molar refractivity (Wildman–Crippen MR) is 105 cm³/mol. The molecule has 0 aliphatic carbocycles. The highest BCUT2D eigenvalue weighted by atomic mass is 35.5. The molecule has 0 fully saturated rings. The smallest absolute Gasteiger partial charge is 0.229 e. The Kier molecular flexibility index (Phi) is 5.06. The minimum Gasteiger partial charge on any atom is -0.339 e. The number of aromatic nitrogens is 2. The van der Waals surface area contributed by atoms with E-state index in [0.29, 0.717) is 28.0 Å². The molecule has 26 heavy (non-hydrogen) atoms. The van der Waals surface area contributed by atoms with Gasteiger partial charge in [0.2, 0.25) is 5.95 Å². The zero-order valence-corrected chi connectivity index (χ0v) is 15.5. The van der Waals surface area contributed by atoms with E-state index < -0.39 is 0 Å². The molecule has 0 spiro atoms. The number of halogens is 1. The number of aryl methyl sites for hydroxylation is 3. The summed E-state index contributed by atoms with van der Waals surface area (Å²) >= 11 is 6.36. The van der Waals surface area contributed by atoms with Crippen LogP contribution in [0.3, 0.4) is 0 Å². The Bertz CT molecular complexity index is 984. The van der Waals surface area contributed by atoms with Crippen molar-refractivity contribution in [2.75, 3.05) is 10.6 Å². The Morgan fingerprint density at radius 3 is 2.50 bits per heavy atom. The lowest BCUT2D eigenvalue weighted by Crippen LogP contribution is -2.04. The van der Waals surface area contributed by atoms with Gasteiger partial charge in [-0.25, -0.2) is 4.98 Å². The minimum absolute atomic E-state index is 0.441. The molecule has 0 aliphatic rings. The summed E-state index contributed by atoms with van der Waals surface area (Å²) in [4.78, 5) is 8.93. The van der Waals surface area contributed by atoms with Crippen molar-refractivity contribution >= 4 is 34.7 Å². The molecule has 0 aliphatic heterocycles. The first-order chi connectivity index (χ1) is 12.5. The lowest BCUT2D eigenvalue weighted by molar-refractivity contribution is 1.10. The fourth-order valence-electron chi connectivity index (χ4n) is 2.70. The van der Waals surface area contributed by atoms with Crippen molar-refractivity contribution in [2.45, 2.75) is 20.8 Å². The van der Waals surface area contributed by atoms with Crippen LogP contribution in [0, 0.1) is 32.1 Å². The van der Waals surface area contributed by atoms with E-state index in [4.69, 9.17) is 11.6 Å². The zero-order valence-electron chi connectivity index (χ0n) is 14.8. The summed E-state index contributed by atoms with van der Waals surface area (Å²) in [6, 6.07) is 15.2. The molecule has 0 saturated heterocycles. The van der Waals surface area contributed by atoms with Crippen molar-refractivity contribution in [1.29, 1.82) is 5.26 Å². The Morgan fingerprint density at radius 2 is 1.77 bits per heavy atom. The van der Waals surface area contributed by atoms with Gasteiger partial charge in [-0.3, -0.25) is 0 Å². The van der Waals surface area contributed by atoms with Gasteiger partial charge in [0, 0.05) is 11.8 Å². The highest BCUT2D eigenvalue weighted by molar-refractivity contribution is 6.33. The van der Waals surface area contributed by atoms with Crippen LogP contribution in [0.2, 0.25) is 5.02 Å². The fraction of sp³-hybridized carbons (Fsp3) is 0.150. The summed E-state index contributed by atoms with van der Waals surface area (Å²) in [6.07, 6.45) is 0. The van der Waals surface area contributed by atoms with Gasteiger partial charge in [-0.1, -0.05) is 29.8 Å². The average molecular weight is 364 g/mol. The Labute approximate surface area is 157 Å². The van der Waals surface area contributed by atoms with Crippen LogP contribution in [-0.4, -0.2) is 9.97 Å². The Hall–Kier alpha value is -3.10. The van der Waals surface area contributed by atoms with Crippen LogP contribution in [0.4, 0.5) is 23.1 Å². The van der Waals surface area contributed by atoms with Gasteiger partial charge >= 0.3 is 0 Å². The van der Waals surface area contributed by atoms with Gasteiger partial charge in [-0.2, -0.15) is 10.2 Å². The van der Waals surface area contributed by atoms with E-state index in [1.54, 1.807) is 6.07 Å². The fourth-order valence-corrected chi connectivity index (χ4v) is 3.07. The maximum absolute atomic E-state index is 9.23. The number of nitriles is 1. The van der Waals surface area contributed by atoms with E-state index in [0.717, 1.165) is 22.5 Å². The number of nitrogens with one attached hydrogen (secondary N) is 2. The van der Waals surface area contributed by atoms with Crippen molar-refractivity contribution in [1.82, 2.24) is 9.97 Å². The monoisotopic (exact) mass is 363 g/mol. The molecule has 0 radical (unpaired) electrons. The molecule has 0 unspecified atom stereocenters. The van der Waals surface area contributed by atoms with Crippen molar-refractivity contribution in [2.24, 2.45) is 0 Å². The first-order valence-electron chi connectivity index (χ1n) is 8.12. The number of hydrogen-bond acceptors (Lipinski definition) is 5. The second-order valence-electron chi connectivity index (χ2n) is 6.06. The molecule has 6 heteroatoms. The van der Waals surface area contributed by atoms with Gasteiger partial charge < -0.3 is 10.6 Å². The average Bonchev–Trinajstić information content (AvgIpc) is 2.58. The number of nitrogens with zero attached hydrogens (tertiary/aromatic N) is 3. The van der Waals surface area contributed by atoms with E-state index in [1.165, 1.54) is 0 Å². The van der Waals surface area contributed by atoms with Crippen LogP contribution in [0.1, 0.15) is 22.4 Å². The highest BCUT2D eigenvalue weighted by Crippen LogP contribution is 2.30. The third-order valence-electron chi connectivity index (χ3n) is 3.83. The largest absolute Gasteiger partial charge is 0.339 e. The Morgan fingerprint density at radius 1 is 1.00 bits per heavy atom. The van der Waals surface area contributed by atoms with E-state index in [9.17, 15) is 5.26 Å². The van der Waals surface area contributed by atoms with Gasteiger partial charge in [0.1, 0.15) is 11.9 Å². The molecule has 130 valence electrons. The van der Waals surface area contributed by atoms with Gasteiger partial charge in [-0.15, -0.1) is 0 Å². The molecule has 0 saturated carbocycles. The standard InChI is InChI=1S/C20H18ClN5/c1-12-8-13(2)19(16(21)9-12)26-20-23-14(3)10-18(25-20)24-17-7-5-4-6-15(17)11-22/h4-10H,1-3H3,(H2,23,24,25,26). The molecule has 0 amide bonds. The first kappa shape index (κ1) is 17.7. The summed E-state index contributed by atoms with van der Waals surface area (Å²) < 4.78 is 0. The van der Waals surface area contributed by atoms with E-state index in [-0.39, 0.29) is 0 Å². The van der Waals surface area contributed by atoms with Crippen molar-refractivity contribution in [3.8, 4) is 6.07 Å². The highest BCUT2D eigenvalue weighted by Gasteiger charge is 2.10. The van der Waals surface area contributed by atoms with Crippen molar-refractivity contribution < 1.29 is 0 Å². The quantitative estimate of drug-likeness (QED) is 0.647. The number of hydrogen-bond donors (Lipinski definition) is 2. The van der Waals surface area contributed by atoms with Crippen LogP contribution in [-0.2, 0) is 0 Å². The molecule has 0 bridgehead atoms. The van der Waals surface area contributed by atoms with Gasteiger partial charge in [0.25, 0.3) is 0 Å². The molecule has 3 aromatic rings. The molecule has 0 atom stereocenters. The molecule has 1 aromatic heterocycles. The lowest BCUT2D eigenvalue weighted by Gasteiger charge is -2.13. The topological polar surface area (TPSA) is 73.6 Å². The number of benzene rings is 2. The summed E-state index contributed by atoms with van der Waals surface area (Å²) in [5.41, 5.74) is 4.94. The molecule has 3 rings (SSSR count). The summed E-state index contributed by atoms with van der Waals surface area (Å²) in [5, 5.41) is 16.2. The SMILES string of the molecule is Cc1cc(C)c(Nc2nc(C)cc(Nc3ccccc3C#N)n2)c(Cl)c1. The van der Waals surface area contributed by atoms with E-state index in [1.807, 2.05) is 57.2 Å². The predicted octanol–water partition coefficient (Wildman–Crippen LogP) is 5.41. The van der Waals surface area contributed by atoms with Gasteiger partial charge in [0.05, 0.1) is 22.0 Å². The van der Waals surface area contributed by atoms with Crippen molar-refractivity contribution in [3.63, 3.8) is 0 Å².